The maximum atomic E-state index is 8.36. The summed E-state index contributed by atoms with van der Waals surface area (Å²) in [6, 6.07) is 3.61. The minimum absolute atomic E-state index is 0.242. The largest absolute Gasteiger partial charge is 0.243 e. The Kier molecular flexibility index (Phi) is 2.70. The Bertz CT molecular complexity index is 304. The predicted molar refractivity (Wildman–Crippen MR) is 43.6 cm³/mol. The summed E-state index contributed by atoms with van der Waals surface area (Å²) in [5.41, 5.74) is 0.668. The van der Waals surface area contributed by atoms with Gasteiger partial charge in [0.1, 0.15) is 5.15 Å². The molecule has 0 aliphatic rings. The minimum Gasteiger partial charge on any atom is -0.243 e. The van der Waals surface area contributed by atoms with E-state index in [4.69, 9.17) is 28.5 Å². The Hall–Kier alpha value is -0.780. The van der Waals surface area contributed by atoms with E-state index in [0.29, 0.717) is 15.7 Å². The summed E-state index contributed by atoms with van der Waals surface area (Å²) in [7, 11) is 0. The standard InChI is InChI=1S/C7H4Cl2N2/c8-6-3-5(1-2-10)7(9)11-4-6/h3-4H,1H2. The second-order valence-electron chi connectivity index (χ2n) is 1.94. The van der Waals surface area contributed by atoms with E-state index in [0.717, 1.165) is 0 Å². The Morgan fingerprint density at radius 1 is 1.55 bits per heavy atom. The first kappa shape index (κ1) is 8.32. The zero-order chi connectivity index (χ0) is 8.27. The topological polar surface area (TPSA) is 36.7 Å². The molecular formula is C7H4Cl2N2. The summed E-state index contributed by atoms with van der Waals surface area (Å²) in [6.45, 7) is 0. The molecule has 0 aliphatic carbocycles. The summed E-state index contributed by atoms with van der Waals surface area (Å²) in [6.07, 6.45) is 1.69. The Labute approximate surface area is 74.4 Å². The summed E-state index contributed by atoms with van der Waals surface area (Å²) in [4.78, 5) is 3.78. The summed E-state index contributed by atoms with van der Waals surface area (Å²) in [5.74, 6) is 0. The number of hydrogen-bond donors (Lipinski definition) is 0. The molecule has 1 heterocycles. The van der Waals surface area contributed by atoms with E-state index >= 15 is 0 Å². The molecule has 56 valence electrons. The molecule has 0 saturated carbocycles. The van der Waals surface area contributed by atoms with Crippen LogP contribution >= 0.6 is 23.2 Å². The van der Waals surface area contributed by atoms with Gasteiger partial charge in [0.2, 0.25) is 0 Å². The number of hydrogen-bond acceptors (Lipinski definition) is 2. The van der Waals surface area contributed by atoms with Gasteiger partial charge in [0.25, 0.3) is 0 Å². The van der Waals surface area contributed by atoms with Crippen LogP contribution in [0.5, 0.6) is 0 Å². The number of pyridine rings is 1. The van der Waals surface area contributed by atoms with Crippen molar-refractivity contribution in [2.45, 2.75) is 6.42 Å². The minimum atomic E-state index is 0.242. The monoisotopic (exact) mass is 186 g/mol. The first-order chi connectivity index (χ1) is 5.24. The lowest BCUT2D eigenvalue weighted by atomic mass is 10.2. The molecule has 1 aromatic rings. The average molecular weight is 187 g/mol. The molecule has 11 heavy (non-hydrogen) atoms. The van der Waals surface area contributed by atoms with E-state index in [-0.39, 0.29) is 6.42 Å². The molecule has 0 amide bonds. The zero-order valence-corrected chi connectivity index (χ0v) is 7.02. The maximum absolute atomic E-state index is 8.36. The quantitative estimate of drug-likeness (QED) is 0.633. The molecule has 0 aromatic carbocycles. The lowest BCUT2D eigenvalue weighted by molar-refractivity contribution is 1.19. The highest BCUT2D eigenvalue weighted by Gasteiger charge is 2.00. The van der Waals surface area contributed by atoms with Crippen LogP contribution in [-0.2, 0) is 6.42 Å². The fourth-order valence-electron chi connectivity index (χ4n) is 0.674. The maximum Gasteiger partial charge on any atom is 0.133 e. The molecule has 1 aromatic heterocycles. The van der Waals surface area contributed by atoms with Gasteiger partial charge in [0.05, 0.1) is 17.5 Å². The van der Waals surface area contributed by atoms with Crippen molar-refractivity contribution in [2.75, 3.05) is 0 Å². The Morgan fingerprint density at radius 2 is 2.27 bits per heavy atom. The van der Waals surface area contributed by atoms with Gasteiger partial charge in [-0.05, 0) is 6.07 Å². The van der Waals surface area contributed by atoms with Crippen LogP contribution in [-0.4, -0.2) is 4.98 Å². The third kappa shape index (κ3) is 2.07. The molecule has 0 atom stereocenters. The molecule has 0 saturated heterocycles. The van der Waals surface area contributed by atoms with Gasteiger partial charge in [-0.25, -0.2) is 4.98 Å². The van der Waals surface area contributed by atoms with Crippen molar-refractivity contribution < 1.29 is 0 Å². The molecule has 0 bridgehead atoms. The van der Waals surface area contributed by atoms with E-state index in [2.05, 4.69) is 4.98 Å². The lowest BCUT2D eigenvalue weighted by Crippen LogP contribution is -1.86. The molecule has 0 fully saturated rings. The lowest BCUT2D eigenvalue weighted by Gasteiger charge is -1.96. The summed E-state index contributed by atoms with van der Waals surface area (Å²) >= 11 is 11.3. The molecule has 0 aliphatic heterocycles. The van der Waals surface area contributed by atoms with Gasteiger partial charge in [-0.15, -0.1) is 0 Å². The Balaban J connectivity index is 3.05. The van der Waals surface area contributed by atoms with E-state index in [1.54, 1.807) is 6.07 Å². The first-order valence-corrected chi connectivity index (χ1v) is 3.66. The molecule has 0 spiro atoms. The number of aromatic nitrogens is 1. The van der Waals surface area contributed by atoms with Crippen molar-refractivity contribution >= 4 is 23.2 Å². The van der Waals surface area contributed by atoms with Crippen LogP contribution < -0.4 is 0 Å². The summed E-state index contributed by atoms with van der Waals surface area (Å²) in [5, 5.41) is 9.20. The van der Waals surface area contributed by atoms with Crippen LogP contribution in [0.4, 0.5) is 0 Å². The molecular weight excluding hydrogens is 183 g/mol. The fourth-order valence-corrected chi connectivity index (χ4v) is 1.02. The average Bonchev–Trinajstić information content (AvgIpc) is 1.98. The van der Waals surface area contributed by atoms with Crippen molar-refractivity contribution in [1.82, 2.24) is 4.98 Å². The second-order valence-corrected chi connectivity index (χ2v) is 2.73. The highest BCUT2D eigenvalue weighted by atomic mass is 35.5. The van der Waals surface area contributed by atoms with Crippen molar-refractivity contribution in [1.29, 1.82) is 5.26 Å². The van der Waals surface area contributed by atoms with E-state index in [1.807, 2.05) is 6.07 Å². The molecule has 4 heteroatoms. The van der Waals surface area contributed by atoms with Crippen LogP contribution in [0.2, 0.25) is 10.2 Å². The number of nitrogens with zero attached hydrogens (tertiary/aromatic N) is 2. The molecule has 1 rings (SSSR count). The van der Waals surface area contributed by atoms with Crippen molar-refractivity contribution in [3.05, 3.63) is 28.0 Å². The SMILES string of the molecule is N#CCc1cc(Cl)cnc1Cl. The molecule has 0 N–H and O–H groups in total. The highest BCUT2D eigenvalue weighted by molar-refractivity contribution is 6.32. The van der Waals surface area contributed by atoms with E-state index in [1.165, 1.54) is 6.20 Å². The normalized spacial score (nSPS) is 9.18. The predicted octanol–water partition coefficient (Wildman–Crippen LogP) is 2.45. The second kappa shape index (κ2) is 3.56. The first-order valence-electron chi connectivity index (χ1n) is 2.91. The molecule has 0 unspecified atom stereocenters. The van der Waals surface area contributed by atoms with Gasteiger partial charge in [-0.3, -0.25) is 0 Å². The van der Waals surface area contributed by atoms with E-state index < -0.39 is 0 Å². The van der Waals surface area contributed by atoms with Crippen molar-refractivity contribution in [2.24, 2.45) is 0 Å². The Morgan fingerprint density at radius 3 is 2.91 bits per heavy atom. The molecule has 2 nitrogen and oxygen atoms in total. The molecule has 0 radical (unpaired) electrons. The van der Waals surface area contributed by atoms with Crippen LogP contribution in [0.25, 0.3) is 0 Å². The van der Waals surface area contributed by atoms with Crippen LogP contribution in [0, 0.1) is 11.3 Å². The zero-order valence-electron chi connectivity index (χ0n) is 5.51. The fraction of sp³-hybridized carbons (Fsp3) is 0.143. The van der Waals surface area contributed by atoms with Crippen molar-refractivity contribution in [3.63, 3.8) is 0 Å². The highest BCUT2D eigenvalue weighted by Crippen LogP contribution is 2.17. The van der Waals surface area contributed by atoms with Crippen LogP contribution in [0.1, 0.15) is 5.56 Å². The summed E-state index contributed by atoms with van der Waals surface area (Å²) < 4.78 is 0. The number of nitriles is 1. The van der Waals surface area contributed by atoms with Crippen LogP contribution in [0.15, 0.2) is 12.3 Å². The third-order valence-electron chi connectivity index (χ3n) is 1.15. The number of halogens is 2. The van der Waals surface area contributed by atoms with Crippen molar-refractivity contribution in [3.8, 4) is 6.07 Å². The number of rotatable bonds is 1. The van der Waals surface area contributed by atoms with Gasteiger partial charge >= 0.3 is 0 Å². The van der Waals surface area contributed by atoms with Gasteiger partial charge < -0.3 is 0 Å². The third-order valence-corrected chi connectivity index (χ3v) is 1.69. The smallest absolute Gasteiger partial charge is 0.133 e. The van der Waals surface area contributed by atoms with Gasteiger partial charge in [0.15, 0.2) is 0 Å². The van der Waals surface area contributed by atoms with E-state index in [9.17, 15) is 0 Å². The van der Waals surface area contributed by atoms with Crippen LogP contribution in [0.3, 0.4) is 0 Å². The van der Waals surface area contributed by atoms with Gasteiger partial charge in [-0.1, -0.05) is 23.2 Å². The van der Waals surface area contributed by atoms with Gasteiger partial charge in [-0.2, -0.15) is 5.26 Å². The van der Waals surface area contributed by atoms with Gasteiger partial charge in [0, 0.05) is 11.8 Å².